The van der Waals surface area contributed by atoms with Crippen LogP contribution in [0.25, 0.3) is 0 Å². The second-order valence-electron chi connectivity index (χ2n) is 15.1. The summed E-state index contributed by atoms with van der Waals surface area (Å²) in [6, 6.07) is 3.81. The van der Waals surface area contributed by atoms with Gasteiger partial charge in [-0.2, -0.15) is 0 Å². The first-order valence-corrected chi connectivity index (χ1v) is 15.8. The Labute approximate surface area is 263 Å². The van der Waals surface area contributed by atoms with Gasteiger partial charge in [-0.05, 0) is 117 Å². The van der Waals surface area contributed by atoms with Crippen LogP contribution in [0.2, 0.25) is 0 Å². The van der Waals surface area contributed by atoms with Crippen molar-refractivity contribution in [3.8, 4) is 11.5 Å². The van der Waals surface area contributed by atoms with E-state index in [-0.39, 0.29) is 46.7 Å². The van der Waals surface area contributed by atoms with Crippen LogP contribution in [0, 0.1) is 28.1 Å². The molecule has 1 heterocycles. The molecule has 1 saturated heterocycles. The Balaban J connectivity index is 2.10. The highest BCUT2D eigenvalue weighted by atomic mass is 16.5. The molecule has 0 aromatic heterocycles. The van der Waals surface area contributed by atoms with E-state index in [1.807, 2.05) is 47.6 Å². The quantitative estimate of drug-likeness (QED) is 0.102. The summed E-state index contributed by atoms with van der Waals surface area (Å²) in [5.41, 5.74) is -0.866. The van der Waals surface area contributed by atoms with Crippen molar-refractivity contribution >= 4 is 17.3 Å². The molecule has 2 N–H and O–H groups in total. The summed E-state index contributed by atoms with van der Waals surface area (Å²) < 4.78 is 6.81. The van der Waals surface area contributed by atoms with Crippen LogP contribution in [0.4, 0.5) is 0 Å². The molecule has 4 atom stereocenters. The molecule has 1 aromatic carbocycles. The van der Waals surface area contributed by atoms with Gasteiger partial charge in [0.15, 0.2) is 28.8 Å². The van der Waals surface area contributed by atoms with Crippen LogP contribution in [-0.2, 0) is 14.3 Å². The lowest BCUT2D eigenvalue weighted by Crippen LogP contribution is -2.69. The molecule has 238 valence electrons. The van der Waals surface area contributed by atoms with Gasteiger partial charge in [-0.3, -0.25) is 14.4 Å². The third-order valence-electron chi connectivity index (χ3n) is 10.7. The zero-order valence-corrected chi connectivity index (χ0v) is 28.2. The number of fused-ring (bicyclic) bond motifs is 1. The zero-order chi connectivity index (χ0) is 33.0. The summed E-state index contributed by atoms with van der Waals surface area (Å²) in [6.45, 7) is 20.1. The van der Waals surface area contributed by atoms with Gasteiger partial charge in [-0.1, -0.05) is 48.8 Å². The van der Waals surface area contributed by atoms with Crippen LogP contribution in [0.1, 0.15) is 112 Å². The smallest absolute Gasteiger partial charge is 0.200 e. The van der Waals surface area contributed by atoms with Gasteiger partial charge in [0.25, 0.3) is 0 Å². The highest BCUT2D eigenvalue weighted by Crippen LogP contribution is 2.69. The molecule has 44 heavy (non-hydrogen) atoms. The van der Waals surface area contributed by atoms with E-state index in [1.54, 1.807) is 0 Å². The number of rotatable bonds is 8. The molecule has 1 saturated carbocycles. The molecule has 0 radical (unpaired) electrons. The van der Waals surface area contributed by atoms with Gasteiger partial charge in [0.05, 0.1) is 5.41 Å². The standard InChI is InChI=1S/C38H50O6/c1-22(2)11-14-26-20-37-21-27(15-12-23(3)4)36(9,10)44-33(37)30(31(41)25-13-16-28(39)29(40)19-25)32(42)38(34(37)43,35(26,7)8)18-17-24(5)6/h11-13,16-17,19,26-27,39-40H,14-15,18,20-21H2,1-10H3/t26-,27+,37?,38+/m1/s1. The van der Waals surface area contributed by atoms with E-state index in [2.05, 4.69) is 39.8 Å². The number of Topliss-reactive ketones (excluding diaryl/α,β-unsaturated/α-hetero) is 3. The highest BCUT2D eigenvalue weighted by Gasteiger charge is 2.74. The number of ether oxygens (including phenoxy) is 1. The first kappa shape index (κ1) is 33.5. The van der Waals surface area contributed by atoms with Crippen molar-refractivity contribution in [1.29, 1.82) is 0 Å². The minimum Gasteiger partial charge on any atom is -0.504 e. The maximum absolute atomic E-state index is 15.3. The molecule has 3 aliphatic rings. The monoisotopic (exact) mass is 602 g/mol. The second-order valence-corrected chi connectivity index (χ2v) is 15.1. The molecule has 2 bridgehead atoms. The maximum Gasteiger partial charge on any atom is 0.200 e. The molecule has 2 aliphatic carbocycles. The van der Waals surface area contributed by atoms with Crippen LogP contribution >= 0.6 is 0 Å². The molecule has 6 nitrogen and oxygen atoms in total. The van der Waals surface area contributed by atoms with E-state index in [1.165, 1.54) is 29.3 Å². The van der Waals surface area contributed by atoms with Crippen molar-refractivity contribution in [3.63, 3.8) is 0 Å². The summed E-state index contributed by atoms with van der Waals surface area (Å²) in [5, 5.41) is 20.2. The molecule has 1 spiro atoms. The van der Waals surface area contributed by atoms with Crippen molar-refractivity contribution in [2.45, 2.75) is 107 Å². The largest absolute Gasteiger partial charge is 0.504 e. The van der Waals surface area contributed by atoms with Crippen LogP contribution < -0.4 is 0 Å². The average Bonchev–Trinajstić information content (AvgIpc) is 2.91. The molecule has 1 aliphatic heterocycles. The summed E-state index contributed by atoms with van der Waals surface area (Å²) in [4.78, 5) is 44.9. The van der Waals surface area contributed by atoms with Crippen LogP contribution in [-0.4, -0.2) is 33.2 Å². The first-order valence-electron chi connectivity index (χ1n) is 15.8. The van der Waals surface area contributed by atoms with E-state index < -0.39 is 39.2 Å². The molecular weight excluding hydrogens is 552 g/mol. The number of phenols is 2. The highest BCUT2D eigenvalue weighted by molar-refractivity contribution is 6.35. The topological polar surface area (TPSA) is 101 Å². The van der Waals surface area contributed by atoms with E-state index in [0.29, 0.717) is 25.7 Å². The molecule has 1 unspecified atom stereocenters. The third kappa shape index (κ3) is 5.28. The molecule has 1 aromatic rings. The number of carbonyl (C=O) groups excluding carboxylic acids is 3. The number of phenolic OH excluding ortho intramolecular Hbond substituents is 2. The Morgan fingerprint density at radius 1 is 0.841 bits per heavy atom. The maximum atomic E-state index is 15.3. The van der Waals surface area contributed by atoms with Gasteiger partial charge in [0.2, 0.25) is 0 Å². The van der Waals surface area contributed by atoms with Crippen LogP contribution in [0.15, 0.2) is 64.5 Å². The van der Waals surface area contributed by atoms with Gasteiger partial charge >= 0.3 is 0 Å². The Hall–Kier alpha value is -3.41. The SMILES string of the molecule is CC(C)=CC[C@H]1CC23C[C@@H](CC=C(C)C)C(C)(C)[C@@](CC=C(C)C)(C(=O)C(C(=O)c4ccc(O)c(O)c4)=C2OC1(C)C)C3=O. The number of aromatic hydroxyl groups is 2. The van der Waals surface area contributed by atoms with Gasteiger partial charge in [-0.15, -0.1) is 0 Å². The van der Waals surface area contributed by atoms with Crippen molar-refractivity contribution in [2.75, 3.05) is 0 Å². The lowest BCUT2D eigenvalue weighted by Gasteiger charge is -2.64. The van der Waals surface area contributed by atoms with Gasteiger partial charge in [-0.25, -0.2) is 0 Å². The zero-order valence-electron chi connectivity index (χ0n) is 28.2. The number of hydrogen-bond acceptors (Lipinski definition) is 6. The normalized spacial score (nSPS) is 28.4. The van der Waals surface area contributed by atoms with E-state index in [0.717, 1.165) is 5.57 Å². The van der Waals surface area contributed by atoms with Crippen LogP contribution in [0.3, 0.4) is 0 Å². The van der Waals surface area contributed by atoms with E-state index >= 15 is 9.59 Å². The fraction of sp³-hybridized carbons (Fsp3) is 0.553. The van der Waals surface area contributed by atoms with Crippen LogP contribution in [0.5, 0.6) is 11.5 Å². The van der Waals surface area contributed by atoms with E-state index in [4.69, 9.17) is 4.74 Å². The van der Waals surface area contributed by atoms with Crippen molar-refractivity contribution in [3.05, 3.63) is 70.0 Å². The lowest BCUT2D eigenvalue weighted by atomic mass is 9.39. The fourth-order valence-electron chi connectivity index (χ4n) is 7.72. The number of carbonyl (C=O) groups is 3. The average molecular weight is 603 g/mol. The summed E-state index contributed by atoms with van der Waals surface area (Å²) in [5.74, 6) is -1.93. The van der Waals surface area contributed by atoms with Gasteiger partial charge in [0, 0.05) is 11.5 Å². The Morgan fingerprint density at radius 3 is 1.93 bits per heavy atom. The van der Waals surface area contributed by atoms with E-state index in [9.17, 15) is 15.0 Å². The number of ketones is 3. The van der Waals surface area contributed by atoms with Gasteiger partial charge in [0.1, 0.15) is 22.3 Å². The Kier molecular flexibility index (Phi) is 8.75. The van der Waals surface area contributed by atoms with Crippen molar-refractivity contribution in [1.82, 2.24) is 0 Å². The minimum absolute atomic E-state index is 0.0251. The van der Waals surface area contributed by atoms with Gasteiger partial charge < -0.3 is 14.9 Å². The molecule has 2 fully saturated rings. The second kappa shape index (κ2) is 11.5. The molecular formula is C38H50O6. The number of allylic oxidation sites excluding steroid dienone is 8. The predicted octanol–water partition coefficient (Wildman–Crippen LogP) is 8.59. The Morgan fingerprint density at radius 2 is 1.39 bits per heavy atom. The Bertz CT molecular complexity index is 1500. The summed E-state index contributed by atoms with van der Waals surface area (Å²) >= 11 is 0. The fourth-order valence-corrected chi connectivity index (χ4v) is 7.72. The third-order valence-corrected chi connectivity index (χ3v) is 10.7. The first-order chi connectivity index (χ1) is 20.3. The number of benzene rings is 1. The van der Waals surface area contributed by atoms with Crippen molar-refractivity contribution < 1.29 is 29.3 Å². The minimum atomic E-state index is -1.48. The summed E-state index contributed by atoms with van der Waals surface area (Å²) in [7, 11) is 0. The van der Waals surface area contributed by atoms with Crippen molar-refractivity contribution in [2.24, 2.45) is 28.1 Å². The number of hydrogen-bond donors (Lipinski definition) is 2. The molecule has 0 amide bonds. The lowest BCUT2D eigenvalue weighted by molar-refractivity contribution is -0.188. The summed E-state index contributed by atoms with van der Waals surface area (Å²) in [6.07, 6.45) is 8.89. The molecule has 4 rings (SSSR count). The molecule has 6 heteroatoms. The predicted molar refractivity (Wildman–Crippen MR) is 173 cm³/mol.